The van der Waals surface area contributed by atoms with E-state index in [9.17, 15) is 0 Å². The molecule has 0 radical (unpaired) electrons. The first-order valence-corrected chi connectivity index (χ1v) is 9.57. The fourth-order valence-electron chi connectivity index (χ4n) is 3.22. The molecule has 158 valence electrons. The zero-order chi connectivity index (χ0) is 20.5. The van der Waals surface area contributed by atoms with Crippen molar-refractivity contribution in [1.82, 2.24) is 0 Å². The molecule has 0 fully saturated rings. The molecule has 30 heavy (non-hydrogen) atoms. The molecule has 1 atom stereocenters. The van der Waals surface area contributed by atoms with Crippen molar-refractivity contribution in [1.29, 1.82) is 0 Å². The summed E-state index contributed by atoms with van der Waals surface area (Å²) in [5, 5.41) is 3.13. The summed E-state index contributed by atoms with van der Waals surface area (Å²) in [5.41, 5.74) is 9.48. The second-order valence-electron chi connectivity index (χ2n) is 6.72. The minimum atomic E-state index is 0. The summed E-state index contributed by atoms with van der Waals surface area (Å²) in [5.74, 6) is 1.91. The van der Waals surface area contributed by atoms with Crippen molar-refractivity contribution in [2.24, 2.45) is 10.7 Å². The van der Waals surface area contributed by atoms with Crippen LogP contribution in [0.5, 0.6) is 11.5 Å². The van der Waals surface area contributed by atoms with E-state index in [0.717, 1.165) is 12.1 Å². The SMILES string of the molecule is COc1ccc(NC(N)=NCC(Cc2ccccc2)c2ccccc2)cc1OC.I. The standard InChI is InChI=1S/C24H27N3O2.HI/c1-28-22-14-13-21(16-23(22)29-2)27-24(25)26-17-20(19-11-7-4-8-12-19)15-18-9-5-3-6-10-18;/h3-14,16,20H,15,17H2,1-2H3,(H3,25,26,27);1H. The van der Waals surface area contributed by atoms with Crippen molar-refractivity contribution in [3.63, 3.8) is 0 Å². The van der Waals surface area contributed by atoms with Gasteiger partial charge < -0.3 is 20.5 Å². The minimum absolute atomic E-state index is 0. The third kappa shape index (κ3) is 6.66. The number of hydrogen-bond donors (Lipinski definition) is 2. The van der Waals surface area contributed by atoms with Gasteiger partial charge in [-0.2, -0.15) is 0 Å². The topological polar surface area (TPSA) is 68.9 Å². The van der Waals surface area contributed by atoms with Crippen molar-refractivity contribution < 1.29 is 9.47 Å². The summed E-state index contributed by atoms with van der Waals surface area (Å²) in [7, 11) is 3.21. The molecule has 5 nitrogen and oxygen atoms in total. The first-order chi connectivity index (χ1) is 14.2. The number of rotatable bonds is 8. The number of nitrogens with two attached hydrogens (primary N) is 1. The Hall–Kier alpha value is -2.74. The van der Waals surface area contributed by atoms with Crippen LogP contribution < -0.4 is 20.5 Å². The maximum absolute atomic E-state index is 6.15. The Morgan fingerprint density at radius 3 is 2.17 bits per heavy atom. The molecule has 0 heterocycles. The fraction of sp³-hybridized carbons (Fsp3) is 0.208. The van der Waals surface area contributed by atoms with Gasteiger partial charge in [0.25, 0.3) is 0 Å². The van der Waals surface area contributed by atoms with E-state index in [1.165, 1.54) is 11.1 Å². The second-order valence-corrected chi connectivity index (χ2v) is 6.72. The molecular formula is C24H28IN3O2. The van der Waals surface area contributed by atoms with Crippen LogP contribution in [0, 0.1) is 0 Å². The molecule has 0 aliphatic heterocycles. The van der Waals surface area contributed by atoms with Crippen LogP contribution in [0.2, 0.25) is 0 Å². The van der Waals surface area contributed by atoms with Gasteiger partial charge in [0.2, 0.25) is 0 Å². The number of guanidine groups is 1. The van der Waals surface area contributed by atoms with Gasteiger partial charge in [-0.25, -0.2) is 0 Å². The van der Waals surface area contributed by atoms with Gasteiger partial charge in [-0.3, -0.25) is 4.99 Å². The van der Waals surface area contributed by atoms with E-state index >= 15 is 0 Å². The number of methoxy groups -OCH3 is 2. The first kappa shape index (κ1) is 23.5. The third-order valence-electron chi connectivity index (χ3n) is 4.73. The average Bonchev–Trinajstić information content (AvgIpc) is 2.77. The highest BCUT2D eigenvalue weighted by molar-refractivity contribution is 14.0. The summed E-state index contributed by atoms with van der Waals surface area (Å²) in [6.45, 7) is 0.588. The van der Waals surface area contributed by atoms with Gasteiger partial charge in [0, 0.05) is 24.2 Å². The monoisotopic (exact) mass is 517 g/mol. The van der Waals surface area contributed by atoms with Gasteiger partial charge in [0.15, 0.2) is 17.5 Å². The van der Waals surface area contributed by atoms with Gasteiger partial charge in [-0.05, 0) is 29.7 Å². The van der Waals surface area contributed by atoms with Crippen molar-refractivity contribution in [3.8, 4) is 11.5 Å². The van der Waals surface area contributed by atoms with E-state index < -0.39 is 0 Å². The van der Waals surface area contributed by atoms with Crippen LogP contribution in [0.15, 0.2) is 83.9 Å². The van der Waals surface area contributed by atoms with Gasteiger partial charge in [0.1, 0.15) is 0 Å². The maximum Gasteiger partial charge on any atom is 0.193 e. The van der Waals surface area contributed by atoms with Crippen LogP contribution in [-0.4, -0.2) is 26.7 Å². The number of benzene rings is 3. The number of nitrogens with one attached hydrogen (secondary N) is 1. The summed E-state index contributed by atoms with van der Waals surface area (Å²) >= 11 is 0. The molecule has 0 aromatic heterocycles. The molecule has 1 unspecified atom stereocenters. The molecular weight excluding hydrogens is 489 g/mol. The Morgan fingerprint density at radius 1 is 0.900 bits per heavy atom. The van der Waals surface area contributed by atoms with Crippen LogP contribution in [0.4, 0.5) is 5.69 Å². The molecule has 3 aromatic rings. The van der Waals surface area contributed by atoms with Gasteiger partial charge in [-0.1, -0.05) is 60.7 Å². The number of nitrogens with zero attached hydrogens (tertiary/aromatic N) is 1. The van der Waals surface area contributed by atoms with Gasteiger partial charge in [0.05, 0.1) is 14.2 Å². The Morgan fingerprint density at radius 2 is 1.53 bits per heavy atom. The van der Waals surface area contributed by atoms with Crippen LogP contribution in [0.25, 0.3) is 0 Å². The molecule has 0 bridgehead atoms. The number of aliphatic imine (C=N–C) groups is 1. The molecule has 0 saturated heterocycles. The molecule has 3 rings (SSSR count). The Kier molecular flexibility index (Phi) is 9.47. The Balaban J connectivity index is 0.00000320. The van der Waals surface area contributed by atoms with E-state index in [1.807, 2.05) is 30.3 Å². The van der Waals surface area contributed by atoms with E-state index in [4.69, 9.17) is 15.2 Å². The lowest BCUT2D eigenvalue weighted by Crippen LogP contribution is -2.24. The smallest absolute Gasteiger partial charge is 0.193 e. The molecule has 0 amide bonds. The molecule has 3 N–H and O–H groups in total. The molecule has 0 saturated carbocycles. The Bertz CT molecular complexity index is 934. The fourth-order valence-corrected chi connectivity index (χ4v) is 3.22. The van der Waals surface area contributed by atoms with Crippen molar-refractivity contribution in [2.75, 3.05) is 26.1 Å². The van der Waals surface area contributed by atoms with Gasteiger partial charge >= 0.3 is 0 Å². The minimum Gasteiger partial charge on any atom is -0.493 e. The summed E-state index contributed by atoms with van der Waals surface area (Å²) in [4.78, 5) is 4.60. The predicted octanol–water partition coefficient (Wildman–Crippen LogP) is 5.07. The molecule has 3 aromatic carbocycles. The highest BCUT2D eigenvalue weighted by atomic mass is 127. The summed E-state index contributed by atoms with van der Waals surface area (Å²) in [6, 6.07) is 26.4. The van der Waals surface area contributed by atoms with Crippen molar-refractivity contribution >= 4 is 35.6 Å². The van der Waals surface area contributed by atoms with E-state index in [0.29, 0.717) is 24.0 Å². The van der Waals surface area contributed by atoms with Crippen molar-refractivity contribution in [3.05, 3.63) is 90.0 Å². The molecule has 0 aliphatic carbocycles. The largest absolute Gasteiger partial charge is 0.493 e. The normalized spacial score (nSPS) is 11.9. The molecule has 0 spiro atoms. The number of hydrogen-bond acceptors (Lipinski definition) is 3. The predicted molar refractivity (Wildman–Crippen MR) is 134 cm³/mol. The molecule has 0 aliphatic rings. The number of ether oxygens (including phenoxy) is 2. The second kappa shape index (κ2) is 12.1. The lowest BCUT2D eigenvalue weighted by atomic mass is 9.92. The highest BCUT2D eigenvalue weighted by Gasteiger charge is 2.12. The van der Waals surface area contributed by atoms with Gasteiger partial charge in [-0.15, -0.1) is 24.0 Å². The lowest BCUT2D eigenvalue weighted by Gasteiger charge is -2.16. The molecule has 6 heteroatoms. The van der Waals surface area contributed by atoms with E-state index in [1.54, 1.807) is 14.2 Å². The highest BCUT2D eigenvalue weighted by Crippen LogP contribution is 2.29. The number of halogens is 1. The Labute approximate surface area is 195 Å². The summed E-state index contributed by atoms with van der Waals surface area (Å²) in [6.07, 6.45) is 0.901. The quantitative estimate of drug-likeness (QED) is 0.249. The van der Waals surface area contributed by atoms with E-state index in [2.05, 4.69) is 58.8 Å². The zero-order valence-corrected chi connectivity index (χ0v) is 19.6. The first-order valence-electron chi connectivity index (χ1n) is 9.57. The van der Waals surface area contributed by atoms with Crippen LogP contribution in [0.3, 0.4) is 0 Å². The number of anilines is 1. The summed E-state index contributed by atoms with van der Waals surface area (Å²) < 4.78 is 10.6. The lowest BCUT2D eigenvalue weighted by molar-refractivity contribution is 0.355. The van der Waals surface area contributed by atoms with Crippen LogP contribution >= 0.6 is 24.0 Å². The zero-order valence-electron chi connectivity index (χ0n) is 17.2. The average molecular weight is 517 g/mol. The maximum atomic E-state index is 6.15. The van der Waals surface area contributed by atoms with Crippen molar-refractivity contribution in [2.45, 2.75) is 12.3 Å². The van der Waals surface area contributed by atoms with Crippen LogP contribution in [0.1, 0.15) is 17.0 Å². The van der Waals surface area contributed by atoms with Crippen LogP contribution in [-0.2, 0) is 6.42 Å². The third-order valence-corrected chi connectivity index (χ3v) is 4.73. The van der Waals surface area contributed by atoms with E-state index in [-0.39, 0.29) is 29.9 Å².